The summed E-state index contributed by atoms with van der Waals surface area (Å²) in [4.78, 5) is 37.4. The second-order valence-corrected chi connectivity index (χ2v) is 10.1. The molecular formula is C26H30FN5O2S. The van der Waals surface area contributed by atoms with Crippen molar-refractivity contribution in [3.05, 3.63) is 51.2 Å². The third kappa shape index (κ3) is 6.06. The lowest BCUT2D eigenvalue weighted by molar-refractivity contribution is 0.0671. The molecule has 2 aliphatic heterocycles. The predicted octanol–water partition coefficient (Wildman–Crippen LogP) is 4.61. The van der Waals surface area contributed by atoms with Gasteiger partial charge in [0.15, 0.2) is 0 Å². The zero-order chi connectivity index (χ0) is 24.8. The summed E-state index contributed by atoms with van der Waals surface area (Å²) in [6, 6.07) is 11.0. The number of aliphatic imine (C=N–C) groups is 1. The van der Waals surface area contributed by atoms with E-state index in [2.05, 4.69) is 16.0 Å². The highest BCUT2D eigenvalue weighted by molar-refractivity contribution is 7.16. The molecule has 4 rings (SSSR count). The summed E-state index contributed by atoms with van der Waals surface area (Å²) in [6.45, 7) is 2.86. The van der Waals surface area contributed by atoms with E-state index >= 15 is 0 Å². The zero-order valence-corrected chi connectivity index (χ0v) is 20.8. The first-order valence-corrected chi connectivity index (χ1v) is 12.9. The van der Waals surface area contributed by atoms with Crippen LogP contribution in [0.4, 0.5) is 10.1 Å². The molecule has 2 fully saturated rings. The highest BCUT2D eigenvalue weighted by Gasteiger charge is 2.28. The predicted molar refractivity (Wildman–Crippen MR) is 135 cm³/mol. The van der Waals surface area contributed by atoms with Crippen LogP contribution < -0.4 is 0 Å². The topological polar surface area (TPSA) is 80.0 Å². The fourth-order valence-corrected chi connectivity index (χ4v) is 5.45. The van der Waals surface area contributed by atoms with E-state index in [1.807, 2.05) is 12.1 Å². The summed E-state index contributed by atoms with van der Waals surface area (Å²) >= 11 is 1.13. The average molecular weight is 496 g/mol. The molecule has 0 N–H and O–H groups in total. The summed E-state index contributed by atoms with van der Waals surface area (Å²) in [5.74, 6) is -0.442. The van der Waals surface area contributed by atoms with E-state index in [1.54, 1.807) is 41.4 Å². The Balaban J connectivity index is 1.58. The molecule has 7 nitrogen and oxygen atoms in total. The summed E-state index contributed by atoms with van der Waals surface area (Å²) in [7, 11) is 1.68. The molecule has 0 bridgehead atoms. The number of thiophene rings is 1. The Hall–Kier alpha value is -3.25. The van der Waals surface area contributed by atoms with Crippen LogP contribution in [0.5, 0.6) is 0 Å². The van der Waals surface area contributed by atoms with E-state index in [1.165, 1.54) is 6.42 Å². The first kappa shape index (κ1) is 24.9. The molecular weight excluding hydrogens is 465 g/mol. The Morgan fingerprint density at radius 3 is 2.63 bits per heavy atom. The molecule has 9 heteroatoms. The van der Waals surface area contributed by atoms with Crippen molar-refractivity contribution in [2.45, 2.75) is 44.8 Å². The third-order valence-electron chi connectivity index (χ3n) is 6.47. The Morgan fingerprint density at radius 1 is 1.20 bits per heavy atom. The summed E-state index contributed by atoms with van der Waals surface area (Å²) in [5.41, 5.74) is 1.75. The number of likely N-dealkylation sites (tertiary alicyclic amines) is 2. The number of hydrogen-bond donors (Lipinski definition) is 0. The Labute approximate surface area is 209 Å². The molecule has 0 spiro atoms. The van der Waals surface area contributed by atoms with Crippen LogP contribution in [0.2, 0.25) is 0 Å². The van der Waals surface area contributed by atoms with E-state index in [4.69, 9.17) is 0 Å². The van der Waals surface area contributed by atoms with Crippen molar-refractivity contribution >= 4 is 35.2 Å². The number of benzene rings is 1. The molecule has 2 aliphatic rings. The van der Waals surface area contributed by atoms with Crippen molar-refractivity contribution in [2.75, 3.05) is 33.2 Å². The fourth-order valence-electron chi connectivity index (χ4n) is 4.39. The lowest BCUT2D eigenvalue weighted by atomic mass is 10.1. The fraction of sp³-hybridized carbons (Fsp3) is 0.462. The van der Waals surface area contributed by atoms with Gasteiger partial charge in [0.25, 0.3) is 11.8 Å². The lowest BCUT2D eigenvalue weighted by Crippen LogP contribution is -2.38. The van der Waals surface area contributed by atoms with Gasteiger partial charge < -0.3 is 14.7 Å². The van der Waals surface area contributed by atoms with Gasteiger partial charge >= 0.3 is 0 Å². The number of alkyl halides is 1. The smallest absolute Gasteiger partial charge is 0.266 e. The normalized spacial score (nSPS) is 16.9. The quantitative estimate of drug-likeness (QED) is 0.433. The Kier molecular flexibility index (Phi) is 8.13. The number of halogens is 1. The average Bonchev–Trinajstić information content (AvgIpc) is 3.32. The van der Waals surface area contributed by atoms with E-state index in [9.17, 15) is 19.2 Å². The molecule has 1 aromatic heterocycles. The van der Waals surface area contributed by atoms with Gasteiger partial charge in [0.05, 0.1) is 28.5 Å². The molecule has 2 amide bonds. The molecule has 35 heavy (non-hydrogen) atoms. The van der Waals surface area contributed by atoms with Crippen LogP contribution in [0.3, 0.4) is 0 Å². The van der Waals surface area contributed by atoms with Crippen molar-refractivity contribution in [3.8, 4) is 6.07 Å². The largest absolute Gasteiger partial charge is 0.363 e. The standard InChI is InChI=1S/C26H30FN5O2S/c1-30(17-20-8-4-3-7-19(20)16-28)26(34)24-22(29-18-31-11-5-2-6-12-31)15-23(35-24)25(33)32-13-9-21(27)10-14-32/h3-4,7-8,15,18,21H,2,5-6,9-14,17H2,1H3/b29-18+. The van der Waals surface area contributed by atoms with Crippen molar-refractivity contribution in [2.24, 2.45) is 4.99 Å². The molecule has 0 aliphatic carbocycles. The Morgan fingerprint density at radius 2 is 1.91 bits per heavy atom. The highest BCUT2D eigenvalue weighted by atomic mass is 32.1. The molecule has 0 atom stereocenters. The summed E-state index contributed by atoms with van der Waals surface area (Å²) in [5, 5.41) is 9.39. The number of piperidine rings is 2. The minimum atomic E-state index is -0.867. The molecule has 2 aromatic rings. The summed E-state index contributed by atoms with van der Waals surface area (Å²) < 4.78 is 13.6. The van der Waals surface area contributed by atoms with Crippen LogP contribution >= 0.6 is 11.3 Å². The molecule has 0 unspecified atom stereocenters. The van der Waals surface area contributed by atoms with Crippen molar-refractivity contribution < 1.29 is 14.0 Å². The number of hydrogen-bond acceptors (Lipinski definition) is 5. The maximum absolute atomic E-state index is 13.6. The maximum atomic E-state index is 13.6. The van der Waals surface area contributed by atoms with Crippen molar-refractivity contribution in [1.29, 1.82) is 5.26 Å². The van der Waals surface area contributed by atoms with Gasteiger partial charge in [0.1, 0.15) is 11.0 Å². The number of nitriles is 1. The molecule has 3 heterocycles. The van der Waals surface area contributed by atoms with Gasteiger partial charge in [-0.05, 0) is 49.8 Å². The second-order valence-electron chi connectivity index (χ2n) is 9.06. The monoisotopic (exact) mass is 495 g/mol. The van der Waals surface area contributed by atoms with Crippen LogP contribution in [0, 0.1) is 11.3 Å². The first-order chi connectivity index (χ1) is 17.0. The maximum Gasteiger partial charge on any atom is 0.266 e. The number of nitrogens with zero attached hydrogens (tertiary/aromatic N) is 5. The van der Waals surface area contributed by atoms with E-state index in [0.29, 0.717) is 46.9 Å². The second kappa shape index (κ2) is 11.5. The van der Waals surface area contributed by atoms with Crippen molar-refractivity contribution in [3.63, 3.8) is 0 Å². The van der Waals surface area contributed by atoms with Crippen LogP contribution in [0.15, 0.2) is 35.3 Å². The van der Waals surface area contributed by atoms with Gasteiger partial charge in [-0.2, -0.15) is 5.26 Å². The van der Waals surface area contributed by atoms with Crippen LogP contribution in [0.25, 0.3) is 0 Å². The van der Waals surface area contributed by atoms with Gasteiger partial charge in [-0.3, -0.25) is 9.59 Å². The first-order valence-electron chi connectivity index (χ1n) is 12.0. The SMILES string of the molecule is CN(Cc1ccccc1C#N)C(=O)c1sc(C(=O)N2CCC(F)CC2)cc1/N=C/N1CCCCC1. The summed E-state index contributed by atoms with van der Waals surface area (Å²) in [6.07, 6.45) is 5.00. The molecule has 2 saturated heterocycles. The van der Waals surface area contributed by atoms with Crippen molar-refractivity contribution in [1.82, 2.24) is 14.7 Å². The van der Waals surface area contributed by atoms with E-state index in [-0.39, 0.29) is 18.4 Å². The van der Waals surface area contributed by atoms with Gasteiger partial charge in [-0.25, -0.2) is 9.38 Å². The highest BCUT2D eigenvalue weighted by Crippen LogP contribution is 2.33. The number of carbonyl (C=O) groups excluding carboxylic acids is 2. The molecule has 0 saturated carbocycles. The minimum absolute atomic E-state index is 0.187. The van der Waals surface area contributed by atoms with Gasteiger partial charge in [0.2, 0.25) is 0 Å². The Bertz CT molecular complexity index is 1130. The van der Waals surface area contributed by atoms with E-state index < -0.39 is 6.17 Å². The number of carbonyl (C=O) groups is 2. The molecule has 1 aromatic carbocycles. The zero-order valence-electron chi connectivity index (χ0n) is 20.0. The van der Waals surface area contributed by atoms with Gasteiger partial charge in [0, 0.05) is 39.8 Å². The molecule has 184 valence electrons. The van der Waals surface area contributed by atoms with E-state index in [0.717, 1.165) is 42.8 Å². The lowest BCUT2D eigenvalue weighted by Gasteiger charge is -2.28. The van der Waals surface area contributed by atoms with Gasteiger partial charge in [-0.1, -0.05) is 18.2 Å². The minimum Gasteiger partial charge on any atom is -0.363 e. The third-order valence-corrected chi connectivity index (χ3v) is 7.57. The number of amides is 2. The molecule has 0 radical (unpaired) electrons. The van der Waals surface area contributed by atoms with Crippen LogP contribution in [-0.4, -0.2) is 72.3 Å². The van der Waals surface area contributed by atoms with Crippen LogP contribution in [-0.2, 0) is 6.54 Å². The van der Waals surface area contributed by atoms with Crippen LogP contribution in [0.1, 0.15) is 62.6 Å². The number of rotatable bonds is 6. The van der Waals surface area contributed by atoms with Gasteiger partial charge in [-0.15, -0.1) is 11.3 Å².